The van der Waals surface area contributed by atoms with Crippen LogP contribution in [0.1, 0.15) is 24.7 Å². The van der Waals surface area contributed by atoms with Crippen LogP contribution < -0.4 is 5.73 Å². The molecular weight excluding hydrogens is 202 g/mol. The van der Waals surface area contributed by atoms with Crippen LogP contribution in [-0.2, 0) is 18.2 Å². The molecule has 16 heavy (non-hydrogen) atoms. The first kappa shape index (κ1) is 11.6. The van der Waals surface area contributed by atoms with E-state index in [2.05, 4.69) is 18.1 Å². The minimum Gasteiger partial charge on any atom is -0.378 e. The fourth-order valence-electron chi connectivity index (χ4n) is 2.58. The van der Waals surface area contributed by atoms with Crippen LogP contribution in [0.2, 0.25) is 0 Å². The molecule has 0 spiro atoms. The van der Waals surface area contributed by atoms with Crippen molar-refractivity contribution in [3.8, 4) is 0 Å². The third-order valence-corrected chi connectivity index (χ3v) is 3.87. The van der Waals surface area contributed by atoms with Gasteiger partial charge in [0.25, 0.3) is 0 Å². The molecule has 1 aliphatic heterocycles. The zero-order chi connectivity index (χ0) is 11.8. The molecule has 0 amide bonds. The average molecular weight is 223 g/mol. The largest absolute Gasteiger partial charge is 0.378 e. The van der Waals surface area contributed by atoms with E-state index in [-0.39, 0.29) is 11.5 Å². The second kappa shape index (κ2) is 4.18. The van der Waals surface area contributed by atoms with Crippen LogP contribution in [0, 0.1) is 12.3 Å². The van der Waals surface area contributed by atoms with Crippen LogP contribution in [-0.4, -0.2) is 29.0 Å². The third kappa shape index (κ3) is 1.87. The second-order valence-electron chi connectivity index (χ2n) is 4.91. The molecule has 0 saturated carbocycles. The maximum atomic E-state index is 5.95. The molecule has 2 N–H and O–H groups in total. The van der Waals surface area contributed by atoms with Crippen LogP contribution in [0.25, 0.3) is 0 Å². The van der Waals surface area contributed by atoms with E-state index < -0.39 is 0 Å². The Morgan fingerprint density at radius 2 is 2.44 bits per heavy atom. The van der Waals surface area contributed by atoms with Gasteiger partial charge < -0.3 is 10.5 Å². The number of ether oxygens (including phenoxy) is 1. The Balaban J connectivity index is 2.21. The van der Waals surface area contributed by atoms with Crippen molar-refractivity contribution in [1.29, 1.82) is 0 Å². The fraction of sp³-hybridized carbons (Fsp3) is 0.750. The Labute approximate surface area is 96.8 Å². The second-order valence-corrected chi connectivity index (χ2v) is 4.91. The smallest absolute Gasteiger partial charge is 0.0619 e. The first-order chi connectivity index (χ1) is 7.57. The van der Waals surface area contributed by atoms with E-state index in [1.165, 1.54) is 5.69 Å². The number of aryl methyl sites for hydroxylation is 2. The summed E-state index contributed by atoms with van der Waals surface area (Å²) in [6, 6.07) is 2.14. The summed E-state index contributed by atoms with van der Waals surface area (Å²) < 4.78 is 7.63. The van der Waals surface area contributed by atoms with Gasteiger partial charge in [0.05, 0.1) is 11.8 Å². The molecule has 2 atom stereocenters. The zero-order valence-corrected chi connectivity index (χ0v) is 10.4. The lowest BCUT2D eigenvalue weighted by Crippen LogP contribution is -2.39. The van der Waals surface area contributed by atoms with Gasteiger partial charge in [-0.1, -0.05) is 0 Å². The minimum atomic E-state index is 0.0975. The molecule has 1 aromatic rings. The Bertz CT molecular complexity index is 374. The van der Waals surface area contributed by atoms with Crippen molar-refractivity contribution in [2.75, 3.05) is 13.2 Å². The Kier molecular flexibility index (Phi) is 3.04. The van der Waals surface area contributed by atoms with Crippen molar-refractivity contribution in [3.05, 3.63) is 17.5 Å². The van der Waals surface area contributed by atoms with Crippen LogP contribution in [0.3, 0.4) is 0 Å². The predicted octanol–water partition coefficient (Wildman–Crippen LogP) is 1.02. The molecule has 1 aliphatic rings. The lowest BCUT2D eigenvalue weighted by molar-refractivity contribution is 0.0665. The van der Waals surface area contributed by atoms with Crippen molar-refractivity contribution in [2.45, 2.75) is 32.8 Å². The SMILES string of the molecule is Cc1cc(CC2(CN)CCOC2C)n(C)n1. The lowest BCUT2D eigenvalue weighted by atomic mass is 9.77. The van der Waals surface area contributed by atoms with Gasteiger partial charge in [0, 0.05) is 31.3 Å². The summed E-state index contributed by atoms with van der Waals surface area (Å²) in [5.41, 5.74) is 8.37. The van der Waals surface area contributed by atoms with Crippen molar-refractivity contribution in [3.63, 3.8) is 0 Å². The number of aromatic nitrogens is 2. The first-order valence-electron chi connectivity index (χ1n) is 5.88. The van der Waals surface area contributed by atoms with E-state index in [0.29, 0.717) is 6.54 Å². The molecule has 4 heteroatoms. The molecule has 0 aliphatic carbocycles. The zero-order valence-electron chi connectivity index (χ0n) is 10.4. The number of nitrogens with zero attached hydrogens (tertiary/aromatic N) is 2. The highest BCUT2D eigenvalue weighted by molar-refractivity contribution is 5.12. The van der Waals surface area contributed by atoms with Gasteiger partial charge in [-0.05, 0) is 32.8 Å². The molecular formula is C12H21N3O. The predicted molar refractivity (Wildman–Crippen MR) is 63.2 cm³/mol. The Morgan fingerprint density at radius 3 is 2.88 bits per heavy atom. The molecule has 2 heterocycles. The minimum absolute atomic E-state index is 0.0975. The maximum absolute atomic E-state index is 5.95. The first-order valence-corrected chi connectivity index (χ1v) is 5.88. The van der Waals surface area contributed by atoms with E-state index in [0.717, 1.165) is 25.1 Å². The summed E-state index contributed by atoms with van der Waals surface area (Å²) in [4.78, 5) is 0. The quantitative estimate of drug-likeness (QED) is 0.832. The Morgan fingerprint density at radius 1 is 1.69 bits per heavy atom. The topological polar surface area (TPSA) is 53.1 Å². The van der Waals surface area contributed by atoms with Gasteiger partial charge in [0.1, 0.15) is 0 Å². The number of hydrogen-bond acceptors (Lipinski definition) is 3. The fourth-order valence-corrected chi connectivity index (χ4v) is 2.58. The molecule has 2 rings (SSSR count). The highest BCUT2D eigenvalue weighted by Crippen LogP contribution is 2.37. The molecule has 1 aromatic heterocycles. The van der Waals surface area contributed by atoms with E-state index >= 15 is 0 Å². The van der Waals surface area contributed by atoms with Crippen molar-refractivity contribution >= 4 is 0 Å². The van der Waals surface area contributed by atoms with Gasteiger partial charge in [0.15, 0.2) is 0 Å². The van der Waals surface area contributed by atoms with Gasteiger partial charge in [-0.15, -0.1) is 0 Å². The maximum Gasteiger partial charge on any atom is 0.0619 e. The molecule has 4 nitrogen and oxygen atoms in total. The number of nitrogens with two attached hydrogens (primary N) is 1. The van der Waals surface area contributed by atoms with Crippen LogP contribution >= 0.6 is 0 Å². The highest BCUT2D eigenvalue weighted by atomic mass is 16.5. The van der Waals surface area contributed by atoms with Crippen LogP contribution in [0.4, 0.5) is 0 Å². The molecule has 2 unspecified atom stereocenters. The lowest BCUT2D eigenvalue weighted by Gasteiger charge is -2.30. The summed E-state index contributed by atoms with van der Waals surface area (Å²) >= 11 is 0. The van der Waals surface area contributed by atoms with Crippen LogP contribution in [0.5, 0.6) is 0 Å². The summed E-state index contributed by atoms with van der Waals surface area (Å²) in [6.45, 7) is 5.66. The van der Waals surface area contributed by atoms with Gasteiger partial charge in [0.2, 0.25) is 0 Å². The normalized spacial score (nSPS) is 29.9. The van der Waals surface area contributed by atoms with Gasteiger partial charge in [-0.2, -0.15) is 5.10 Å². The molecule has 1 fully saturated rings. The van der Waals surface area contributed by atoms with E-state index in [4.69, 9.17) is 10.5 Å². The molecule has 1 saturated heterocycles. The number of hydrogen-bond donors (Lipinski definition) is 1. The molecule has 0 radical (unpaired) electrons. The van der Waals surface area contributed by atoms with Crippen molar-refractivity contribution in [2.24, 2.45) is 18.2 Å². The van der Waals surface area contributed by atoms with Crippen molar-refractivity contribution in [1.82, 2.24) is 9.78 Å². The molecule has 0 bridgehead atoms. The number of rotatable bonds is 3. The third-order valence-electron chi connectivity index (χ3n) is 3.87. The average Bonchev–Trinajstić information content (AvgIpc) is 2.73. The van der Waals surface area contributed by atoms with Gasteiger partial charge >= 0.3 is 0 Å². The van der Waals surface area contributed by atoms with Gasteiger partial charge in [-0.25, -0.2) is 0 Å². The van der Waals surface area contributed by atoms with Crippen molar-refractivity contribution < 1.29 is 4.74 Å². The highest BCUT2D eigenvalue weighted by Gasteiger charge is 2.40. The van der Waals surface area contributed by atoms with E-state index in [1.807, 2.05) is 18.7 Å². The summed E-state index contributed by atoms with van der Waals surface area (Å²) in [6.07, 6.45) is 2.25. The molecule has 90 valence electrons. The van der Waals surface area contributed by atoms with E-state index in [9.17, 15) is 0 Å². The summed E-state index contributed by atoms with van der Waals surface area (Å²) in [5.74, 6) is 0. The van der Waals surface area contributed by atoms with E-state index in [1.54, 1.807) is 0 Å². The molecule has 0 aromatic carbocycles. The summed E-state index contributed by atoms with van der Waals surface area (Å²) in [7, 11) is 1.99. The van der Waals surface area contributed by atoms with Crippen LogP contribution in [0.15, 0.2) is 6.07 Å². The monoisotopic (exact) mass is 223 g/mol. The van der Waals surface area contributed by atoms with Gasteiger partial charge in [-0.3, -0.25) is 4.68 Å². The Hall–Kier alpha value is -0.870. The summed E-state index contributed by atoms with van der Waals surface area (Å²) in [5, 5.41) is 4.38. The standard InChI is InChI=1S/C12H21N3O/c1-9-6-11(15(3)14-9)7-12(8-13)4-5-16-10(12)2/h6,10H,4-5,7-8,13H2,1-3H3.